The van der Waals surface area contributed by atoms with Crippen molar-refractivity contribution in [3.05, 3.63) is 105 Å². The second-order valence-corrected chi connectivity index (χ2v) is 10.0. The number of nitro benzene ring substituents is 1. The number of non-ortho nitro benzene ring substituents is 1. The van der Waals surface area contributed by atoms with E-state index in [1.807, 2.05) is 4.90 Å². The maximum Gasteiger partial charge on any atom is 0.269 e. The van der Waals surface area contributed by atoms with Crippen molar-refractivity contribution in [1.29, 1.82) is 0 Å². The van der Waals surface area contributed by atoms with Gasteiger partial charge < -0.3 is 5.32 Å². The summed E-state index contributed by atoms with van der Waals surface area (Å²) in [6, 6.07) is 19.0. The monoisotopic (exact) mass is 489 g/mol. The summed E-state index contributed by atoms with van der Waals surface area (Å²) in [4.78, 5) is 41.2. The van der Waals surface area contributed by atoms with Crippen molar-refractivity contribution in [2.75, 3.05) is 16.9 Å². The zero-order chi connectivity index (χ0) is 24.3. The molecule has 4 atom stereocenters. The van der Waals surface area contributed by atoms with Crippen LogP contribution in [-0.4, -0.2) is 39.2 Å². The number of ketones is 1. The van der Waals surface area contributed by atoms with Crippen molar-refractivity contribution in [2.45, 2.75) is 17.5 Å². The number of fused-ring (bicyclic) bond motifs is 4. The molecule has 2 saturated heterocycles. The van der Waals surface area contributed by atoms with Crippen LogP contribution >= 0.6 is 11.8 Å². The number of halogens is 1. The Morgan fingerprint density at radius 1 is 1.11 bits per heavy atom. The fraction of sp³-hybridized carbons (Fsp3) is 0.231. The number of nitro groups is 1. The quantitative estimate of drug-likeness (QED) is 0.328. The van der Waals surface area contributed by atoms with Crippen LogP contribution in [0.15, 0.2) is 72.8 Å². The number of thioether (sulfide) groups is 1. The van der Waals surface area contributed by atoms with Crippen molar-refractivity contribution in [3.8, 4) is 0 Å². The summed E-state index contributed by atoms with van der Waals surface area (Å²) >= 11 is 1.63. The molecule has 3 aliphatic heterocycles. The average Bonchev–Trinajstić information content (AvgIpc) is 3.52. The molecular weight excluding hydrogens is 469 g/mol. The predicted octanol–water partition coefficient (Wildman–Crippen LogP) is 4.55. The highest BCUT2D eigenvalue weighted by Crippen LogP contribution is 2.61. The van der Waals surface area contributed by atoms with Crippen LogP contribution in [0.25, 0.3) is 0 Å². The summed E-state index contributed by atoms with van der Waals surface area (Å²) < 4.78 is 14.6. The first-order valence-electron chi connectivity index (χ1n) is 11.2. The van der Waals surface area contributed by atoms with Crippen LogP contribution in [0.3, 0.4) is 0 Å². The highest BCUT2D eigenvalue weighted by Gasteiger charge is 2.69. The van der Waals surface area contributed by atoms with Crippen LogP contribution in [0.4, 0.5) is 15.8 Å². The van der Waals surface area contributed by atoms with E-state index in [4.69, 9.17) is 0 Å². The minimum atomic E-state index is -1.42. The molecule has 0 saturated carbocycles. The van der Waals surface area contributed by atoms with Gasteiger partial charge in [-0.25, -0.2) is 4.39 Å². The van der Waals surface area contributed by atoms with Crippen LogP contribution in [-0.2, 0) is 10.3 Å². The molecule has 1 N–H and O–H groups in total. The zero-order valence-electron chi connectivity index (χ0n) is 18.4. The fourth-order valence-corrected chi connectivity index (χ4v) is 7.37. The Morgan fingerprint density at radius 3 is 2.69 bits per heavy atom. The first-order valence-corrected chi connectivity index (χ1v) is 12.4. The number of hydrogen-bond acceptors (Lipinski definition) is 6. The molecule has 7 nitrogen and oxygen atoms in total. The minimum absolute atomic E-state index is 0.0751. The Hall–Kier alpha value is -3.56. The van der Waals surface area contributed by atoms with Gasteiger partial charge in [-0.2, -0.15) is 0 Å². The number of rotatable bonds is 4. The number of hydrogen-bond donors (Lipinski definition) is 1. The van der Waals surface area contributed by atoms with E-state index in [-0.39, 0.29) is 23.4 Å². The molecule has 0 unspecified atom stereocenters. The molecule has 0 aliphatic carbocycles. The lowest BCUT2D eigenvalue weighted by Crippen LogP contribution is -2.52. The number of carbonyl (C=O) groups excluding carboxylic acids is 2. The maximum atomic E-state index is 14.6. The summed E-state index contributed by atoms with van der Waals surface area (Å²) in [5.74, 6) is -1.38. The lowest BCUT2D eigenvalue weighted by Gasteiger charge is -2.36. The Balaban J connectivity index is 1.63. The second-order valence-electron chi connectivity index (χ2n) is 9.03. The Labute approximate surface area is 204 Å². The molecule has 1 spiro atoms. The van der Waals surface area contributed by atoms with Gasteiger partial charge in [0.05, 0.1) is 10.8 Å². The van der Waals surface area contributed by atoms with Gasteiger partial charge in [0.1, 0.15) is 11.4 Å². The molecule has 3 aromatic carbocycles. The van der Waals surface area contributed by atoms with Gasteiger partial charge in [-0.05, 0) is 23.8 Å². The lowest BCUT2D eigenvalue weighted by molar-refractivity contribution is -0.384. The van der Waals surface area contributed by atoms with Crippen molar-refractivity contribution in [3.63, 3.8) is 0 Å². The van der Waals surface area contributed by atoms with Crippen molar-refractivity contribution in [1.82, 2.24) is 4.90 Å². The molecular formula is C26H20FN3O4S. The van der Waals surface area contributed by atoms with Crippen LogP contribution in [0.5, 0.6) is 0 Å². The number of carbonyl (C=O) groups is 2. The molecule has 0 bridgehead atoms. The van der Waals surface area contributed by atoms with Crippen molar-refractivity contribution in [2.24, 2.45) is 5.92 Å². The van der Waals surface area contributed by atoms with Gasteiger partial charge >= 0.3 is 0 Å². The summed E-state index contributed by atoms with van der Waals surface area (Å²) in [5.41, 5.74) is 0.497. The third-order valence-corrected chi connectivity index (χ3v) is 8.43. The molecule has 3 aromatic rings. The molecule has 9 heteroatoms. The first-order chi connectivity index (χ1) is 16.9. The number of benzene rings is 3. The van der Waals surface area contributed by atoms with Crippen molar-refractivity contribution >= 4 is 34.8 Å². The molecule has 176 valence electrons. The molecule has 0 radical (unpaired) electrons. The summed E-state index contributed by atoms with van der Waals surface area (Å²) in [6.07, 6.45) is 0. The molecule has 0 aromatic heterocycles. The van der Waals surface area contributed by atoms with Gasteiger partial charge in [-0.1, -0.05) is 42.5 Å². The van der Waals surface area contributed by atoms with E-state index < -0.39 is 28.1 Å². The van der Waals surface area contributed by atoms with Gasteiger partial charge in [-0.15, -0.1) is 11.8 Å². The van der Waals surface area contributed by atoms with E-state index in [9.17, 15) is 24.1 Å². The van der Waals surface area contributed by atoms with Gasteiger partial charge in [-0.3, -0.25) is 24.6 Å². The van der Waals surface area contributed by atoms with Crippen LogP contribution in [0, 0.1) is 21.8 Å². The normalized spacial score (nSPS) is 27.0. The van der Waals surface area contributed by atoms with Crippen LogP contribution in [0.1, 0.15) is 27.4 Å². The number of amides is 1. The van der Waals surface area contributed by atoms with Crippen LogP contribution in [0.2, 0.25) is 0 Å². The molecule has 3 aliphatic rings. The number of nitrogens with one attached hydrogen (secondary N) is 1. The van der Waals surface area contributed by atoms with Crippen molar-refractivity contribution < 1.29 is 18.9 Å². The smallest absolute Gasteiger partial charge is 0.269 e. The van der Waals surface area contributed by atoms with E-state index >= 15 is 0 Å². The molecule has 35 heavy (non-hydrogen) atoms. The molecule has 6 rings (SSSR count). The molecule has 2 fully saturated rings. The van der Waals surface area contributed by atoms with E-state index in [2.05, 4.69) is 5.32 Å². The highest BCUT2D eigenvalue weighted by atomic mass is 32.2. The number of Topliss-reactive ketones (excluding diaryl/α,β-unsaturated/α-hetero) is 1. The van der Waals surface area contributed by atoms with E-state index in [0.29, 0.717) is 34.0 Å². The van der Waals surface area contributed by atoms with Gasteiger partial charge in [0, 0.05) is 52.5 Å². The molecule has 3 heterocycles. The fourth-order valence-electron chi connectivity index (χ4n) is 6.05. The SMILES string of the molecule is O=C(c1ccccc1)[C@@H]1[C@H](c2cccc([N+](=O)[O-])c2)[C@H]2CSCN2[C@@]12C(=O)Nc1ccc(F)cc12. The van der Waals surface area contributed by atoms with E-state index in [1.165, 1.54) is 30.3 Å². The first kappa shape index (κ1) is 21.9. The lowest BCUT2D eigenvalue weighted by atomic mass is 9.69. The average molecular weight is 490 g/mol. The standard InChI is InChI=1S/C26H20FN3O4S/c27-17-9-10-20-19(12-17)26(25(32)28-20)23(24(31)15-5-2-1-3-6-15)22(21-13-35-14-29(21)26)16-7-4-8-18(11-16)30(33)34/h1-12,21-23H,13-14H2,(H,28,32)/t21-,22-,23+,26-/m1/s1. The Bertz CT molecular complexity index is 1380. The van der Waals surface area contributed by atoms with Gasteiger partial charge in [0.2, 0.25) is 5.91 Å². The third kappa shape index (κ3) is 3.08. The maximum absolute atomic E-state index is 14.6. The van der Waals surface area contributed by atoms with Gasteiger partial charge in [0.15, 0.2) is 5.78 Å². The van der Waals surface area contributed by atoms with E-state index in [0.717, 1.165) is 0 Å². The Kier molecular flexibility index (Phi) is 5.01. The third-order valence-electron chi connectivity index (χ3n) is 7.39. The number of anilines is 1. The van der Waals surface area contributed by atoms with E-state index in [1.54, 1.807) is 54.2 Å². The predicted molar refractivity (Wildman–Crippen MR) is 130 cm³/mol. The minimum Gasteiger partial charge on any atom is -0.324 e. The number of nitrogens with zero attached hydrogens (tertiary/aromatic N) is 2. The topological polar surface area (TPSA) is 92.5 Å². The summed E-state index contributed by atoms with van der Waals surface area (Å²) in [7, 11) is 0. The highest BCUT2D eigenvalue weighted by molar-refractivity contribution is 7.99. The molecule has 1 amide bonds. The Morgan fingerprint density at radius 2 is 1.91 bits per heavy atom. The zero-order valence-corrected chi connectivity index (χ0v) is 19.2. The summed E-state index contributed by atoms with van der Waals surface area (Å²) in [6.45, 7) is 0. The largest absolute Gasteiger partial charge is 0.324 e. The van der Waals surface area contributed by atoms with Gasteiger partial charge in [0.25, 0.3) is 5.69 Å². The van der Waals surface area contributed by atoms with Crippen LogP contribution < -0.4 is 5.32 Å². The summed E-state index contributed by atoms with van der Waals surface area (Å²) in [5, 5.41) is 14.4. The second kappa shape index (κ2) is 8.00.